The molecule has 39 heavy (non-hydrogen) atoms. The standard InChI is InChI=1S/C31H45NO6.ClH/c1-21(2)30-25-20-29(37-8)28(36-7)19-24(25)12-15-31(30,38-22(3)33)14-9-16-32(4)17-13-23-10-11-26(34-5)27(18-23)35-6;/h10-11,18-21,30H,9,12-17H2,1-8H3;1H/t30-,31+;/m0./s1. The largest absolute Gasteiger partial charge is 0.493 e. The van der Waals surface area contributed by atoms with Crippen LogP contribution in [-0.2, 0) is 22.4 Å². The predicted octanol–water partition coefficient (Wildman–Crippen LogP) is 6.09. The molecular weight excluding hydrogens is 518 g/mol. The molecule has 0 saturated heterocycles. The lowest BCUT2D eigenvalue weighted by molar-refractivity contribution is -0.164. The fourth-order valence-corrected chi connectivity index (χ4v) is 6.04. The fraction of sp³-hybridized carbons (Fsp3) is 0.581. The molecule has 0 saturated carbocycles. The van der Waals surface area contributed by atoms with Crippen molar-refractivity contribution in [3.05, 3.63) is 47.0 Å². The van der Waals surface area contributed by atoms with E-state index in [0.29, 0.717) is 5.75 Å². The number of benzene rings is 2. The molecule has 2 aromatic carbocycles. The van der Waals surface area contributed by atoms with Crippen LogP contribution in [0, 0.1) is 5.92 Å². The van der Waals surface area contributed by atoms with Crippen molar-refractivity contribution in [2.24, 2.45) is 5.92 Å². The van der Waals surface area contributed by atoms with E-state index in [0.717, 1.165) is 62.4 Å². The molecule has 0 bridgehead atoms. The van der Waals surface area contributed by atoms with Gasteiger partial charge >= 0.3 is 5.97 Å². The third-order valence-electron chi connectivity index (χ3n) is 7.75. The Balaban J connectivity index is 0.00000533. The van der Waals surface area contributed by atoms with Crippen LogP contribution in [0.3, 0.4) is 0 Å². The zero-order valence-electron chi connectivity index (χ0n) is 24.8. The Kier molecular flexibility index (Phi) is 12.2. The zero-order valence-corrected chi connectivity index (χ0v) is 25.6. The van der Waals surface area contributed by atoms with Crippen LogP contribution in [0.25, 0.3) is 0 Å². The minimum Gasteiger partial charge on any atom is -0.493 e. The highest BCUT2D eigenvalue weighted by molar-refractivity contribution is 5.85. The number of methoxy groups -OCH3 is 4. The number of carbonyl (C=O) groups excluding carboxylic acids is 1. The lowest BCUT2D eigenvalue weighted by Gasteiger charge is -2.46. The molecule has 0 fully saturated rings. The Morgan fingerprint density at radius 1 is 0.949 bits per heavy atom. The molecule has 0 heterocycles. The summed E-state index contributed by atoms with van der Waals surface area (Å²) in [5.74, 6) is 3.09. The highest BCUT2D eigenvalue weighted by atomic mass is 35.5. The number of carbonyl (C=O) groups is 1. The van der Waals surface area contributed by atoms with E-state index < -0.39 is 5.60 Å². The van der Waals surface area contributed by atoms with Crippen LogP contribution in [0.2, 0.25) is 0 Å². The number of ether oxygens (including phenoxy) is 5. The molecule has 0 aromatic heterocycles. The van der Waals surface area contributed by atoms with Crippen molar-refractivity contribution >= 4 is 18.4 Å². The Hall–Kier alpha value is -2.64. The van der Waals surface area contributed by atoms with Crippen molar-refractivity contribution in [1.29, 1.82) is 0 Å². The summed E-state index contributed by atoms with van der Waals surface area (Å²) in [4.78, 5) is 14.7. The lowest BCUT2D eigenvalue weighted by atomic mass is 9.65. The number of likely N-dealkylation sites (N-methyl/N-ethyl adjacent to an activating group) is 1. The fourth-order valence-electron chi connectivity index (χ4n) is 6.04. The number of esters is 1. The van der Waals surface area contributed by atoms with Gasteiger partial charge in [0.05, 0.1) is 28.4 Å². The third-order valence-corrected chi connectivity index (χ3v) is 7.75. The molecule has 3 rings (SSSR count). The van der Waals surface area contributed by atoms with E-state index in [9.17, 15) is 4.79 Å². The maximum Gasteiger partial charge on any atom is 0.303 e. The van der Waals surface area contributed by atoms with E-state index >= 15 is 0 Å². The first-order valence-electron chi connectivity index (χ1n) is 13.5. The first-order chi connectivity index (χ1) is 18.2. The topological polar surface area (TPSA) is 66.5 Å². The van der Waals surface area contributed by atoms with Crippen LogP contribution in [0.15, 0.2) is 30.3 Å². The zero-order chi connectivity index (χ0) is 27.9. The molecule has 0 amide bonds. The number of nitrogens with zero attached hydrogens (tertiary/aromatic N) is 1. The quantitative estimate of drug-likeness (QED) is 0.273. The van der Waals surface area contributed by atoms with Crippen LogP contribution in [0.5, 0.6) is 23.0 Å². The van der Waals surface area contributed by atoms with Crippen LogP contribution < -0.4 is 18.9 Å². The summed E-state index contributed by atoms with van der Waals surface area (Å²) >= 11 is 0. The van der Waals surface area contributed by atoms with Crippen molar-refractivity contribution < 1.29 is 28.5 Å². The molecule has 0 aliphatic heterocycles. The maximum absolute atomic E-state index is 12.4. The number of hydrogen-bond acceptors (Lipinski definition) is 7. The number of aryl methyl sites for hydroxylation is 1. The summed E-state index contributed by atoms with van der Waals surface area (Å²) in [5.41, 5.74) is 3.11. The van der Waals surface area contributed by atoms with Gasteiger partial charge in [0.25, 0.3) is 0 Å². The Bertz CT molecular complexity index is 1090. The summed E-state index contributed by atoms with van der Waals surface area (Å²) in [6, 6.07) is 10.3. The first kappa shape index (κ1) is 32.6. The number of fused-ring (bicyclic) bond motifs is 1. The lowest BCUT2D eigenvalue weighted by Crippen LogP contribution is -2.46. The number of rotatable bonds is 13. The molecule has 2 atom stereocenters. The molecular formula is C31H46ClNO6. The predicted molar refractivity (Wildman–Crippen MR) is 157 cm³/mol. The van der Waals surface area contributed by atoms with E-state index in [2.05, 4.69) is 44.0 Å². The second kappa shape index (κ2) is 14.7. The average molecular weight is 564 g/mol. The van der Waals surface area contributed by atoms with E-state index in [1.165, 1.54) is 23.6 Å². The molecule has 0 spiro atoms. The summed E-state index contributed by atoms with van der Waals surface area (Å²) in [5, 5.41) is 0. The molecule has 218 valence electrons. The van der Waals surface area contributed by atoms with E-state index in [1.807, 2.05) is 12.1 Å². The van der Waals surface area contributed by atoms with Crippen LogP contribution >= 0.6 is 12.4 Å². The van der Waals surface area contributed by atoms with Gasteiger partial charge in [0.15, 0.2) is 23.0 Å². The van der Waals surface area contributed by atoms with Crippen molar-refractivity contribution in [3.63, 3.8) is 0 Å². The van der Waals surface area contributed by atoms with Crippen LogP contribution in [0.1, 0.15) is 62.6 Å². The molecule has 0 N–H and O–H groups in total. The van der Waals surface area contributed by atoms with Gasteiger partial charge in [0.2, 0.25) is 0 Å². The van der Waals surface area contributed by atoms with Gasteiger partial charge in [-0.3, -0.25) is 4.79 Å². The summed E-state index contributed by atoms with van der Waals surface area (Å²) < 4.78 is 28.2. The highest BCUT2D eigenvalue weighted by Gasteiger charge is 2.47. The maximum atomic E-state index is 12.4. The molecule has 2 aromatic rings. The average Bonchev–Trinajstić information content (AvgIpc) is 2.90. The minimum atomic E-state index is -0.545. The molecule has 7 nitrogen and oxygen atoms in total. The van der Waals surface area contributed by atoms with Gasteiger partial charge in [-0.15, -0.1) is 12.4 Å². The summed E-state index contributed by atoms with van der Waals surface area (Å²) in [6.07, 6.45) is 4.29. The molecule has 0 unspecified atom stereocenters. The normalized spacial score (nSPS) is 18.3. The molecule has 1 aliphatic rings. The monoisotopic (exact) mass is 563 g/mol. The summed E-state index contributed by atoms with van der Waals surface area (Å²) in [6.45, 7) is 7.79. The van der Waals surface area contributed by atoms with Crippen molar-refractivity contribution in [1.82, 2.24) is 4.90 Å². The van der Waals surface area contributed by atoms with E-state index in [4.69, 9.17) is 23.7 Å². The number of halogens is 1. The smallest absolute Gasteiger partial charge is 0.303 e. The Morgan fingerprint density at radius 3 is 2.15 bits per heavy atom. The van der Waals surface area contributed by atoms with Gasteiger partial charge in [-0.2, -0.15) is 0 Å². The van der Waals surface area contributed by atoms with Gasteiger partial charge in [-0.25, -0.2) is 0 Å². The third kappa shape index (κ3) is 7.73. The second-order valence-corrected chi connectivity index (χ2v) is 10.6. The van der Waals surface area contributed by atoms with E-state index in [1.54, 1.807) is 28.4 Å². The SMILES string of the molecule is COc1ccc(CCN(C)CCC[C@@]2(OC(C)=O)CCc3cc(OC)c(OC)cc3[C@@H]2C(C)C)cc1OC.Cl. The van der Waals surface area contributed by atoms with Crippen LogP contribution in [0.4, 0.5) is 0 Å². The van der Waals surface area contributed by atoms with Gasteiger partial charge in [0.1, 0.15) is 5.60 Å². The minimum absolute atomic E-state index is 0. The highest BCUT2D eigenvalue weighted by Crippen LogP contribution is 2.50. The van der Waals surface area contributed by atoms with Gasteiger partial charge in [-0.1, -0.05) is 19.9 Å². The van der Waals surface area contributed by atoms with Gasteiger partial charge < -0.3 is 28.6 Å². The summed E-state index contributed by atoms with van der Waals surface area (Å²) in [7, 11) is 8.78. The first-order valence-corrected chi connectivity index (χ1v) is 13.5. The van der Waals surface area contributed by atoms with Crippen molar-refractivity contribution in [3.8, 4) is 23.0 Å². The van der Waals surface area contributed by atoms with Crippen molar-refractivity contribution in [2.75, 3.05) is 48.6 Å². The molecule has 0 radical (unpaired) electrons. The van der Waals surface area contributed by atoms with E-state index in [-0.39, 0.29) is 30.2 Å². The van der Waals surface area contributed by atoms with Crippen LogP contribution in [-0.4, -0.2) is 65.0 Å². The van der Waals surface area contributed by atoms with Gasteiger partial charge in [-0.05, 0) is 92.6 Å². The Labute approximate surface area is 240 Å². The Morgan fingerprint density at radius 2 is 1.56 bits per heavy atom. The molecule has 1 aliphatic carbocycles. The second-order valence-electron chi connectivity index (χ2n) is 10.6. The molecule has 8 heteroatoms. The number of hydrogen-bond donors (Lipinski definition) is 0. The van der Waals surface area contributed by atoms with Gasteiger partial charge in [0, 0.05) is 19.4 Å². The van der Waals surface area contributed by atoms with Crippen molar-refractivity contribution in [2.45, 2.75) is 64.4 Å².